The van der Waals surface area contributed by atoms with Crippen LogP contribution >= 0.6 is 35.6 Å². The Hall–Kier alpha value is -2.33. The van der Waals surface area contributed by atoms with Crippen molar-refractivity contribution in [2.24, 2.45) is 12.0 Å². The molecule has 3 rings (SSSR count). The number of ether oxygens (including phenoxy) is 1. The predicted octanol–water partition coefficient (Wildman–Crippen LogP) is 3.84. The average molecular weight is 541 g/mol. The SMILES string of the molecule is COc1ccc(CN=C(NCc2ccccc2Cl)NCc2nnc(C)n2C)cc1.I. The van der Waals surface area contributed by atoms with Crippen molar-refractivity contribution in [1.29, 1.82) is 0 Å². The van der Waals surface area contributed by atoms with Crippen LogP contribution in [0, 0.1) is 6.92 Å². The fourth-order valence-electron chi connectivity index (χ4n) is 2.66. The van der Waals surface area contributed by atoms with Crippen LogP contribution in [-0.4, -0.2) is 27.8 Å². The summed E-state index contributed by atoms with van der Waals surface area (Å²) < 4.78 is 7.15. The zero-order chi connectivity index (χ0) is 20.6. The molecule has 0 saturated carbocycles. The van der Waals surface area contributed by atoms with E-state index in [1.54, 1.807) is 7.11 Å². The maximum Gasteiger partial charge on any atom is 0.192 e. The Labute approximate surface area is 198 Å². The number of aromatic nitrogens is 3. The van der Waals surface area contributed by atoms with Crippen molar-refractivity contribution in [3.63, 3.8) is 0 Å². The Morgan fingerprint density at radius 3 is 2.40 bits per heavy atom. The molecule has 0 aliphatic carbocycles. The van der Waals surface area contributed by atoms with Gasteiger partial charge in [-0.2, -0.15) is 0 Å². The third-order valence-electron chi connectivity index (χ3n) is 4.58. The van der Waals surface area contributed by atoms with Gasteiger partial charge in [0.25, 0.3) is 0 Å². The summed E-state index contributed by atoms with van der Waals surface area (Å²) in [6.07, 6.45) is 0. The van der Waals surface area contributed by atoms with E-state index in [-0.39, 0.29) is 24.0 Å². The number of methoxy groups -OCH3 is 1. The van der Waals surface area contributed by atoms with Crippen LogP contribution in [0.5, 0.6) is 5.75 Å². The van der Waals surface area contributed by atoms with Gasteiger partial charge >= 0.3 is 0 Å². The lowest BCUT2D eigenvalue weighted by Crippen LogP contribution is -2.37. The highest BCUT2D eigenvalue weighted by molar-refractivity contribution is 14.0. The maximum absolute atomic E-state index is 6.27. The van der Waals surface area contributed by atoms with Crippen molar-refractivity contribution in [3.8, 4) is 5.75 Å². The molecule has 0 saturated heterocycles. The second kappa shape index (κ2) is 11.8. The van der Waals surface area contributed by atoms with Gasteiger partial charge in [0.05, 0.1) is 20.2 Å². The summed E-state index contributed by atoms with van der Waals surface area (Å²) >= 11 is 6.27. The zero-order valence-electron chi connectivity index (χ0n) is 17.2. The highest BCUT2D eigenvalue weighted by Crippen LogP contribution is 2.14. The molecule has 0 spiro atoms. The third kappa shape index (κ3) is 6.60. The first-order chi connectivity index (χ1) is 14.1. The molecule has 0 aliphatic rings. The summed E-state index contributed by atoms with van der Waals surface area (Å²) in [6.45, 7) is 3.52. The third-order valence-corrected chi connectivity index (χ3v) is 4.95. The summed E-state index contributed by atoms with van der Waals surface area (Å²) in [5.74, 6) is 3.19. The molecule has 7 nitrogen and oxygen atoms in total. The molecule has 1 heterocycles. The molecule has 160 valence electrons. The number of hydrogen-bond acceptors (Lipinski definition) is 4. The van der Waals surface area contributed by atoms with Crippen molar-refractivity contribution in [2.45, 2.75) is 26.6 Å². The fourth-order valence-corrected chi connectivity index (χ4v) is 2.87. The van der Waals surface area contributed by atoms with E-state index in [4.69, 9.17) is 21.3 Å². The lowest BCUT2D eigenvalue weighted by molar-refractivity contribution is 0.414. The fraction of sp³-hybridized carbons (Fsp3) is 0.286. The van der Waals surface area contributed by atoms with Crippen molar-refractivity contribution < 1.29 is 4.74 Å². The first-order valence-electron chi connectivity index (χ1n) is 9.30. The normalized spacial score (nSPS) is 11.0. The smallest absolute Gasteiger partial charge is 0.192 e. The van der Waals surface area contributed by atoms with Crippen LogP contribution in [0.4, 0.5) is 0 Å². The first kappa shape index (κ1) is 23.9. The molecular weight excluding hydrogens is 515 g/mol. The Kier molecular flexibility index (Phi) is 9.38. The number of benzene rings is 2. The molecule has 0 aliphatic heterocycles. The van der Waals surface area contributed by atoms with E-state index in [1.807, 2.05) is 67.1 Å². The van der Waals surface area contributed by atoms with Gasteiger partial charge in [0.15, 0.2) is 11.8 Å². The van der Waals surface area contributed by atoms with Crippen LogP contribution in [0.15, 0.2) is 53.5 Å². The predicted molar refractivity (Wildman–Crippen MR) is 130 cm³/mol. The minimum Gasteiger partial charge on any atom is -0.497 e. The summed E-state index contributed by atoms with van der Waals surface area (Å²) in [6, 6.07) is 15.6. The quantitative estimate of drug-likeness (QED) is 0.271. The number of rotatable bonds is 7. The van der Waals surface area contributed by atoms with Gasteiger partial charge in [-0.15, -0.1) is 34.2 Å². The molecular formula is C21H26ClIN6O. The molecule has 2 aromatic carbocycles. The number of guanidine groups is 1. The van der Waals surface area contributed by atoms with Gasteiger partial charge < -0.3 is 19.9 Å². The van der Waals surface area contributed by atoms with Crippen molar-refractivity contribution in [3.05, 3.63) is 76.3 Å². The Balaban J connectivity index is 0.00000320. The Bertz CT molecular complexity index is 974. The maximum atomic E-state index is 6.27. The summed E-state index contributed by atoms with van der Waals surface area (Å²) in [7, 11) is 3.60. The van der Waals surface area contributed by atoms with Crippen LogP contribution < -0.4 is 15.4 Å². The Morgan fingerprint density at radius 2 is 1.77 bits per heavy atom. The standard InChI is InChI=1S/C21H25ClN6O.HI/c1-15-26-27-20(28(15)2)14-25-21(24-13-17-6-4-5-7-19(17)22)23-12-16-8-10-18(29-3)11-9-16;/h4-11H,12-14H2,1-3H3,(H2,23,24,25);1H. The highest BCUT2D eigenvalue weighted by Gasteiger charge is 2.07. The van der Waals surface area contributed by atoms with E-state index in [0.717, 1.165) is 33.5 Å². The molecule has 0 atom stereocenters. The summed E-state index contributed by atoms with van der Waals surface area (Å²) in [5.41, 5.74) is 2.08. The molecule has 0 bridgehead atoms. The summed E-state index contributed by atoms with van der Waals surface area (Å²) in [5, 5.41) is 15.7. The van der Waals surface area contributed by atoms with E-state index in [2.05, 4.69) is 20.8 Å². The van der Waals surface area contributed by atoms with Crippen LogP contribution in [0.1, 0.15) is 22.8 Å². The molecule has 0 amide bonds. The minimum absolute atomic E-state index is 0. The van der Waals surface area contributed by atoms with Crippen molar-refractivity contribution in [2.75, 3.05) is 7.11 Å². The van der Waals surface area contributed by atoms with Gasteiger partial charge in [0, 0.05) is 18.6 Å². The van der Waals surface area contributed by atoms with Gasteiger partial charge in [-0.05, 0) is 36.2 Å². The highest BCUT2D eigenvalue weighted by atomic mass is 127. The molecule has 2 N–H and O–H groups in total. The van der Waals surface area contributed by atoms with E-state index < -0.39 is 0 Å². The first-order valence-corrected chi connectivity index (χ1v) is 9.68. The van der Waals surface area contributed by atoms with Crippen LogP contribution in [-0.2, 0) is 26.7 Å². The molecule has 0 unspecified atom stereocenters. The lowest BCUT2D eigenvalue weighted by atomic mass is 10.2. The number of aryl methyl sites for hydroxylation is 1. The van der Waals surface area contributed by atoms with Crippen LogP contribution in [0.2, 0.25) is 5.02 Å². The van der Waals surface area contributed by atoms with Gasteiger partial charge in [0.2, 0.25) is 0 Å². The van der Waals surface area contributed by atoms with Gasteiger partial charge in [0.1, 0.15) is 11.6 Å². The van der Waals surface area contributed by atoms with E-state index in [0.29, 0.717) is 25.6 Å². The zero-order valence-corrected chi connectivity index (χ0v) is 20.3. The van der Waals surface area contributed by atoms with Gasteiger partial charge in [-0.25, -0.2) is 4.99 Å². The molecule has 30 heavy (non-hydrogen) atoms. The number of nitrogens with one attached hydrogen (secondary N) is 2. The summed E-state index contributed by atoms with van der Waals surface area (Å²) in [4.78, 5) is 4.70. The largest absolute Gasteiger partial charge is 0.497 e. The molecule has 9 heteroatoms. The van der Waals surface area contributed by atoms with Crippen LogP contribution in [0.3, 0.4) is 0 Å². The average Bonchev–Trinajstić information content (AvgIpc) is 3.06. The van der Waals surface area contributed by atoms with Crippen molar-refractivity contribution >= 4 is 41.5 Å². The van der Waals surface area contributed by atoms with E-state index >= 15 is 0 Å². The Morgan fingerprint density at radius 1 is 1.07 bits per heavy atom. The van der Waals surface area contributed by atoms with Gasteiger partial charge in [-0.1, -0.05) is 41.9 Å². The number of halogens is 2. The van der Waals surface area contributed by atoms with Crippen molar-refractivity contribution in [1.82, 2.24) is 25.4 Å². The van der Waals surface area contributed by atoms with E-state index in [1.165, 1.54) is 0 Å². The molecule has 1 aromatic heterocycles. The number of aliphatic imine (C=N–C) groups is 1. The minimum atomic E-state index is 0. The second-order valence-corrected chi connectivity index (χ2v) is 6.94. The molecule has 0 fully saturated rings. The molecule has 0 radical (unpaired) electrons. The monoisotopic (exact) mass is 540 g/mol. The molecule has 3 aromatic rings. The van der Waals surface area contributed by atoms with E-state index in [9.17, 15) is 0 Å². The number of hydrogen-bond donors (Lipinski definition) is 2. The topological polar surface area (TPSA) is 76.4 Å². The number of nitrogens with zero attached hydrogens (tertiary/aromatic N) is 4. The van der Waals surface area contributed by atoms with Crippen LogP contribution in [0.25, 0.3) is 0 Å². The van der Waals surface area contributed by atoms with Gasteiger partial charge in [-0.3, -0.25) is 0 Å². The lowest BCUT2D eigenvalue weighted by Gasteiger charge is -2.13. The second-order valence-electron chi connectivity index (χ2n) is 6.53.